The fourth-order valence-electron chi connectivity index (χ4n) is 10.5. The number of carbonyl (C=O) groups is 1. The molecule has 19 heteroatoms. The van der Waals surface area contributed by atoms with Crippen LogP contribution in [0.25, 0.3) is 0 Å². The van der Waals surface area contributed by atoms with E-state index in [0.717, 1.165) is 89.9 Å². The summed E-state index contributed by atoms with van der Waals surface area (Å²) in [5.74, 6) is -0.327. The molecule has 17 unspecified atom stereocenters. The van der Waals surface area contributed by atoms with Crippen molar-refractivity contribution in [2.45, 2.75) is 291 Å². The number of carbonyl (C=O) groups excluding carboxylic acids is 1. The number of hydrogen-bond donors (Lipinski definition) is 12. The third-order valence-corrected chi connectivity index (χ3v) is 16.0. The highest BCUT2D eigenvalue weighted by Gasteiger charge is 2.53. The number of ether oxygens (including phenoxy) is 6. The summed E-state index contributed by atoms with van der Waals surface area (Å²) >= 11 is 0. The Morgan fingerprint density at radius 1 is 0.411 bits per heavy atom. The first-order valence-corrected chi connectivity index (χ1v) is 33.8. The van der Waals surface area contributed by atoms with E-state index in [1.807, 2.05) is 6.08 Å². The summed E-state index contributed by atoms with van der Waals surface area (Å²) in [6.45, 7) is 1.54. The molecule has 3 saturated heterocycles. The molecule has 0 aromatic heterocycles. The third kappa shape index (κ3) is 33.3. The first kappa shape index (κ1) is 80.4. The number of nitrogens with one attached hydrogen (secondary N) is 1. The minimum absolute atomic E-state index is 0.183. The molecule has 514 valence electrons. The van der Waals surface area contributed by atoms with Crippen LogP contribution in [0.5, 0.6) is 0 Å². The normalized spacial score (nSPS) is 28.8. The molecule has 3 aliphatic heterocycles. The van der Waals surface area contributed by atoms with Crippen LogP contribution in [0.4, 0.5) is 0 Å². The highest BCUT2D eigenvalue weighted by molar-refractivity contribution is 5.76. The number of unbranched alkanes of at least 4 members (excludes halogenated alkanes) is 15. The molecule has 90 heavy (non-hydrogen) atoms. The lowest BCUT2D eigenvalue weighted by Crippen LogP contribution is -2.66. The second-order valence-electron chi connectivity index (χ2n) is 23.5. The van der Waals surface area contributed by atoms with Gasteiger partial charge in [0.25, 0.3) is 0 Å². The molecule has 12 N–H and O–H groups in total. The summed E-state index contributed by atoms with van der Waals surface area (Å²) in [4.78, 5) is 13.4. The van der Waals surface area contributed by atoms with Gasteiger partial charge in [-0.2, -0.15) is 0 Å². The quantitative estimate of drug-likeness (QED) is 0.0201. The Bertz CT molecular complexity index is 2100. The lowest BCUT2D eigenvalue weighted by atomic mass is 9.96. The van der Waals surface area contributed by atoms with Gasteiger partial charge in [-0.15, -0.1) is 0 Å². The third-order valence-electron chi connectivity index (χ3n) is 16.0. The van der Waals surface area contributed by atoms with E-state index in [-0.39, 0.29) is 12.3 Å². The van der Waals surface area contributed by atoms with Crippen molar-refractivity contribution >= 4 is 5.91 Å². The summed E-state index contributed by atoms with van der Waals surface area (Å²) < 4.78 is 34.3. The average Bonchev–Trinajstić information content (AvgIpc) is 0.847. The number of allylic oxidation sites excluding steroid dienone is 19. The van der Waals surface area contributed by atoms with Crippen LogP contribution in [-0.4, -0.2) is 193 Å². The van der Waals surface area contributed by atoms with Crippen LogP contribution >= 0.6 is 0 Å². The van der Waals surface area contributed by atoms with Crippen LogP contribution in [0, 0.1) is 0 Å². The van der Waals surface area contributed by atoms with Crippen molar-refractivity contribution in [3.63, 3.8) is 0 Å². The smallest absolute Gasteiger partial charge is 0.220 e. The Balaban J connectivity index is 1.49. The number of amides is 1. The standard InChI is InChI=1S/C71H117NO18/c1-3-5-7-9-11-13-15-17-19-21-23-25-26-27-28-29-31-33-35-37-39-41-43-45-47-49-59(77)72-54(55(76)48-46-44-42-40-38-36-34-32-30-24-22-20-18-16-14-12-10-8-6-4-2)53-85-69-65(83)62(80)67(57(51-74)87-69)90-71-66(84)63(81)68(58(52-75)88-71)89-70-64(82)61(79)60(78)56(50-73)86-70/h5,7,11,13,17,19,23,25,27-28,30-33,37-40,46,48,54-58,60-71,73-76,78-84H,3-4,6,8-10,12,14-16,18,20-22,24,26,29,34-36,41-45,47,49-53H2,1-2H3,(H,72,77)/b7-5-,13-11-,19-17-,25-23-,28-27-,32-30+,33-31-,39-37-,40-38+,48-46+. The van der Waals surface area contributed by atoms with Gasteiger partial charge < -0.3 is 89.9 Å². The molecule has 1 amide bonds. The van der Waals surface area contributed by atoms with Crippen LogP contribution in [0.1, 0.15) is 187 Å². The predicted octanol–water partition coefficient (Wildman–Crippen LogP) is 8.43. The van der Waals surface area contributed by atoms with E-state index in [2.05, 4.69) is 129 Å². The molecule has 0 saturated carbocycles. The first-order chi connectivity index (χ1) is 43.8. The van der Waals surface area contributed by atoms with Gasteiger partial charge in [-0.3, -0.25) is 4.79 Å². The van der Waals surface area contributed by atoms with Gasteiger partial charge in [0.05, 0.1) is 38.6 Å². The SMILES string of the molecule is CC/C=C\C/C=C\C/C=C\C/C=C\C/C=C\C/C=C\C/C=C\CCCCCC(=O)NC(COC1OC(CO)C(OC2OC(CO)C(OC3OC(CO)C(O)C(O)C3O)C(O)C2O)C(O)C1O)C(O)/C=C/CC/C=C/CC/C=C/CCCCCCCCCCCC. The van der Waals surface area contributed by atoms with Crippen molar-refractivity contribution in [1.82, 2.24) is 5.32 Å². The lowest BCUT2D eigenvalue weighted by molar-refractivity contribution is -0.379. The van der Waals surface area contributed by atoms with Gasteiger partial charge >= 0.3 is 0 Å². The van der Waals surface area contributed by atoms with Crippen molar-refractivity contribution in [1.29, 1.82) is 0 Å². The van der Waals surface area contributed by atoms with Crippen LogP contribution in [0.2, 0.25) is 0 Å². The Morgan fingerprint density at radius 2 is 0.778 bits per heavy atom. The molecule has 3 fully saturated rings. The van der Waals surface area contributed by atoms with Gasteiger partial charge in [-0.25, -0.2) is 0 Å². The fraction of sp³-hybridized carbons (Fsp3) is 0.704. The maximum absolute atomic E-state index is 13.4. The second-order valence-corrected chi connectivity index (χ2v) is 23.5. The van der Waals surface area contributed by atoms with Gasteiger partial charge in [-0.05, 0) is 103 Å². The van der Waals surface area contributed by atoms with Gasteiger partial charge in [0, 0.05) is 6.42 Å². The second kappa shape index (κ2) is 51.6. The number of rotatable bonds is 49. The van der Waals surface area contributed by atoms with Crippen molar-refractivity contribution in [2.75, 3.05) is 26.4 Å². The Kier molecular flexibility index (Phi) is 46.1. The number of aliphatic hydroxyl groups is 11. The molecule has 0 aliphatic carbocycles. The predicted molar refractivity (Wildman–Crippen MR) is 350 cm³/mol. The molecular formula is C71H117NO18. The van der Waals surface area contributed by atoms with Crippen molar-refractivity contribution in [3.05, 3.63) is 122 Å². The molecule has 0 spiro atoms. The summed E-state index contributed by atoms with van der Waals surface area (Å²) in [7, 11) is 0. The zero-order valence-corrected chi connectivity index (χ0v) is 54.1. The van der Waals surface area contributed by atoms with Crippen LogP contribution < -0.4 is 5.32 Å². The van der Waals surface area contributed by atoms with Crippen LogP contribution in [0.15, 0.2) is 122 Å². The monoisotopic (exact) mass is 1270 g/mol. The number of hydrogen-bond acceptors (Lipinski definition) is 18. The van der Waals surface area contributed by atoms with E-state index in [4.69, 9.17) is 28.4 Å². The molecule has 0 aromatic rings. The summed E-state index contributed by atoms with van der Waals surface area (Å²) in [6.07, 6.45) is 43.1. The molecule has 3 rings (SSSR count). The maximum Gasteiger partial charge on any atom is 0.220 e. The maximum atomic E-state index is 13.4. The van der Waals surface area contributed by atoms with Gasteiger partial charge in [-0.1, -0.05) is 200 Å². The molecule has 0 bridgehead atoms. The summed E-state index contributed by atoms with van der Waals surface area (Å²) in [5.41, 5.74) is 0. The fourth-order valence-corrected chi connectivity index (χ4v) is 10.5. The van der Waals surface area contributed by atoms with Crippen molar-refractivity contribution < 1.29 is 89.4 Å². The van der Waals surface area contributed by atoms with Crippen molar-refractivity contribution in [2.24, 2.45) is 0 Å². The van der Waals surface area contributed by atoms with Crippen molar-refractivity contribution in [3.8, 4) is 0 Å². The summed E-state index contributed by atoms with van der Waals surface area (Å²) in [6, 6.07) is -1.02. The first-order valence-electron chi connectivity index (χ1n) is 33.8. The minimum Gasteiger partial charge on any atom is -0.394 e. The molecular weight excluding hydrogens is 1150 g/mol. The van der Waals surface area contributed by atoms with Crippen LogP contribution in [-0.2, 0) is 33.2 Å². The molecule has 17 atom stereocenters. The Morgan fingerprint density at radius 3 is 1.24 bits per heavy atom. The highest BCUT2D eigenvalue weighted by Crippen LogP contribution is 2.33. The van der Waals surface area contributed by atoms with E-state index in [1.165, 1.54) is 64.2 Å². The van der Waals surface area contributed by atoms with E-state index >= 15 is 0 Å². The minimum atomic E-state index is -1.99. The average molecular weight is 1270 g/mol. The van der Waals surface area contributed by atoms with E-state index in [9.17, 15) is 61.0 Å². The van der Waals surface area contributed by atoms with E-state index in [1.54, 1.807) is 6.08 Å². The largest absolute Gasteiger partial charge is 0.394 e. The molecule has 0 aromatic carbocycles. The Hall–Kier alpha value is -3.81. The van der Waals surface area contributed by atoms with Gasteiger partial charge in [0.15, 0.2) is 18.9 Å². The highest BCUT2D eigenvalue weighted by atomic mass is 16.8. The lowest BCUT2D eigenvalue weighted by Gasteiger charge is -2.48. The molecule has 0 radical (unpaired) electrons. The van der Waals surface area contributed by atoms with Crippen LogP contribution in [0.3, 0.4) is 0 Å². The number of aliphatic hydroxyl groups excluding tert-OH is 11. The zero-order valence-electron chi connectivity index (χ0n) is 54.1. The molecule has 3 aliphatic rings. The van der Waals surface area contributed by atoms with E-state index in [0.29, 0.717) is 12.8 Å². The Labute approximate surface area is 538 Å². The van der Waals surface area contributed by atoms with Gasteiger partial charge in [0.1, 0.15) is 73.2 Å². The topological polar surface area (TPSA) is 307 Å². The van der Waals surface area contributed by atoms with Gasteiger partial charge in [0.2, 0.25) is 5.91 Å². The zero-order chi connectivity index (χ0) is 65.4. The van der Waals surface area contributed by atoms with E-state index < -0.39 is 131 Å². The molecule has 3 heterocycles. The molecule has 19 nitrogen and oxygen atoms in total. The summed E-state index contributed by atoms with van der Waals surface area (Å²) in [5, 5.41) is 120.